The van der Waals surface area contributed by atoms with Crippen LogP contribution in [0.1, 0.15) is 30.5 Å². The van der Waals surface area contributed by atoms with Crippen molar-refractivity contribution in [1.82, 2.24) is 9.80 Å². The second-order valence-electron chi connectivity index (χ2n) is 8.80. The maximum Gasteiger partial charge on any atom is 0.241 e. The fourth-order valence-electron chi connectivity index (χ4n) is 5.68. The molecule has 2 aromatic carbocycles. The average Bonchev–Trinajstić information content (AvgIpc) is 3.45. The summed E-state index contributed by atoms with van der Waals surface area (Å²) in [6, 6.07) is 18.7. The molecule has 2 aromatic rings. The summed E-state index contributed by atoms with van der Waals surface area (Å²) < 4.78 is 0. The van der Waals surface area contributed by atoms with Gasteiger partial charge in [0.1, 0.15) is 0 Å². The first-order chi connectivity index (χ1) is 14.7. The summed E-state index contributed by atoms with van der Waals surface area (Å²) in [5, 5.41) is 0. The molecule has 5 heteroatoms. The molecule has 2 saturated heterocycles. The Labute approximate surface area is 178 Å². The van der Waals surface area contributed by atoms with Crippen molar-refractivity contribution in [1.29, 1.82) is 0 Å². The molecule has 0 spiro atoms. The SMILES string of the molecule is CCC(=O)N1C[C@@H]2CN(CC(=O)N3CCc4ccccc43)C[C@@H]2[C@@H]1c1ccccc1. The van der Waals surface area contributed by atoms with Crippen LogP contribution in [0.25, 0.3) is 0 Å². The predicted molar refractivity (Wildman–Crippen MR) is 117 cm³/mol. The molecule has 3 aliphatic rings. The summed E-state index contributed by atoms with van der Waals surface area (Å²) in [4.78, 5) is 32.0. The summed E-state index contributed by atoms with van der Waals surface area (Å²) in [6.45, 7) is 5.75. The molecule has 0 aliphatic carbocycles. The van der Waals surface area contributed by atoms with Gasteiger partial charge in [-0.1, -0.05) is 55.5 Å². The normalized spacial score (nSPS) is 25.4. The molecule has 0 saturated carbocycles. The highest BCUT2D eigenvalue weighted by atomic mass is 16.2. The van der Waals surface area contributed by atoms with Gasteiger partial charge in [0.05, 0.1) is 12.6 Å². The summed E-state index contributed by atoms with van der Waals surface area (Å²) >= 11 is 0. The van der Waals surface area contributed by atoms with Gasteiger partial charge in [-0.15, -0.1) is 0 Å². The molecule has 5 rings (SSSR count). The molecule has 3 atom stereocenters. The van der Waals surface area contributed by atoms with E-state index >= 15 is 0 Å². The number of benzene rings is 2. The Hall–Kier alpha value is -2.66. The van der Waals surface area contributed by atoms with Gasteiger partial charge in [0.15, 0.2) is 0 Å². The summed E-state index contributed by atoms with van der Waals surface area (Å²) in [5.74, 6) is 1.25. The number of nitrogens with zero attached hydrogens (tertiary/aromatic N) is 3. The number of carbonyl (C=O) groups excluding carboxylic acids is 2. The number of anilines is 1. The minimum atomic E-state index is 0.122. The third-order valence-electron chi connectivity index (χ3n) is 7.05. The molecule has 156 valence electrons. The third kappa shape index (κ3) is 3.31. The van der Waals surface area contributed by atoms with E-state index in [1.807, 2.05) is 30.0 Å². The zero-order valence-electron chi connectivity index (χ0n) is 17.5. The van der Waals surface area contributed by atoms with E-state index in [9.17, 15) is 9.59 Å². The topological polar surface area (TPSA) is 43.9 Å². The van der Waals surface area contributed by atoms with Gasteiger partial charge in [-0.3, -0.25) is 14.5 Å². The number of carbonyl (C=O) groups is 2. The van der Waals surface area contributed by atoms with Gasteiger partial charge in [0, 0.05) is 44.2 Å². The van der Waals surface area contributed by atoms with Crippen molar-refractivity contribution >= 4 is 17.5 Å². The van der Waals surface area contributed by atoms with Crippen LogP contribution in [0.4, 0.5) is 5.69 Å². The molecule has 3 heterocycles. The van der Waals surface area contributed by atoms with Gasteiger partial charge in [-0.2, -0.15) is 0 Å². The van der Waals surface area contributed by atoms with E-state index in [2.05, 4.69) is 46.2 Å². The van der Waals surface area contributed by atoms with Crippen LogP contribution < -0.4 is 4.90 Å². The third-order valence-corrected chi connectivity index (χ3v) is 7.05. The van der Waals surface area contributed by atoms with Crippen molar-refractivity contribution in [2.24, 2.45) is 11.8 Å². The van der Waals surface area contributed by atoms with E-state index in [1.165, 1.54) is 11.1 Å². The number of likely N-dealkylation sites (tertiary alicyclic amines) is 2. The average molecular weight is 404 g/mol. The first-order valence-corrected chi connectivity index (χ1v) is 11.1. The zero-order valence-corrected chi connectivity index (χ0v) is 17.5. The highest BCUT2D eigenvalue weighted by Crippen LogP contribution is 2.45. The van der Waals surface area contributed by atoms with Crippen LogP contribution in [0.15, 0.2) is 54.6 Å². The van der Waals surface area contributed by atoms with Crippen molar-refractivity contribution in [3.63, 3.8) is 0 Å². The number of hydrogen-bond acceptors (Lipinski definition) is 3. The molecule has 2 fully saturated rings. The molecule has 0 aromatic heterocycles. The quantitative estimate of drug-likeness (QED) is 0.788. The van der Waals surface area contributed by atoms with Crippen LogP contribution in [-0.2, 0) is 16.0 Å². The fraction of sp³-hybridized carbons (Fsp3) is 0.440. The van der Waals surface area contributed by atoms with E-state index in [0.717, 1.165) is 38.3 Å². The molecule has 0 N–H and O–H groups in total. The molecular weight excluding hydrogens is 374 g/mol. The van der Waals surface area contributed by atoms with E-state index < -0.39 is 0 Å². The minimum Gasteiger partial charge on any atom is -0.335 e. The Morgan fingerprint density at radius 3 is 2.50 bits per heavy atom. The summed E-state index contributed by atoms with van der Waals surface area (Å²) in [7, 11) is 0. The van der Waals surface area contributed by atoms with Gasteiger partial charge in [0.25, 0.3) is 0 Å². The van der Waals surface area contributed by atoms with E-state index in [4.69, 9.17) is 0 Å². The smallest absolute Gasteiger partial charge is 0.241 e. The Balaban J connectivity index is 1.30. The molecule has 2 amide bonds. The Morgan fingerprint density at radius 2 is 1.70 bits per heavy atom. The van der Waals surface area contributed by atoms with E-state index in [-0.39, 0.29) is 17.9 Å². The standard InChI is InChI=1S/C25H29N3O2/c1-2-23(29)28-15-20-14-26(16-21(20)25(28)19-9-4-3-5-10-19)17-24(30)27-13-12-18-8-6-7-11-22(18)27/h3-11,20-21,25H,2,12-17H2,1H3/t20-,21-,25-/m0/s1. The molecule has 5 nitrogen and oxygen atoms in total. The van der Waals surface area contributed by atoms with Crippen LogP contribution in [0, 0.1) is 11.8 Å². The number of para-hydroxylation sites is 1. The Morgan fingerprint density at radius 1 is 0.933 bits per heavy atom. The van der Waals surface area contributed by atoms with Crippen molar-refractivity contribution in [3.05, 3.63) is 65.7 Å². The minimum absolute atomic E-state index is 0.122. The molecule has 3 aliphatic heterocycles. The monoisotopic (exact) mass is 403 g/mol. The van der Waals surface area contributed by atoms with Gasteiger partial charge in [0.2, 0.25) is 11.8 Å². The van der Waals surface area contributed by atoms with E-state index in [1.54, 1.807) is 0 Å². The Kier molecular flexibility index (Phi) is 5.07. The molecule has 30 heavy (non-hydrogen) atoms. The number of rotatable bonds is 4. The van der Waals surface area contributed by atoms with Gasteiger partial charge in [-0.25, -0.2) is 0 Å². The highest BCUT2D eigenvalue weighted by Gasteiger charge is 2.49. The summed E-state index contributed by atoms with van der Waals surface area (Å²) in [6.07, 6.45) is 1.48. The zero-order chi connectivity index (χ0) is 20.7. The first kappa shape index (κ1) is 19.3. The second-order valence-corrected chi connectivity index (χ2v) is 8.80. The number of amides is 2. The molecule has 0 unspecified atom stereocenters. The lowest BCUT2D eigenvalue weighted by Gasteiger charge is -2.30. The molecule has 0 radical (unpaired) electrons. The lowest BCUT2D eigenvalue weighted by atomic mass is 9.89. The first-order valence-electron chi connectivity index (χ1n) is 11.1. The van der Waals surface area contributed by atoms with E-state index in [0.29, 0.717) is 24.8 Å². The Bertz CT molecular complexity index is 944. The van der Waals surface area contributed by atoms with Gasteiger partial charge in [-0.05, 0) is 29.5 Å². The molecule has 0 bridgehead atoms. The fourth-order valence-corrected chi connectivity index (χ4v) is 5.68. The van der Waals surface area contributed by atoms with Gasteiger partial charge < -0.3 is 9.80 Å². The van der Waals surface area contributed by atoms with Gasteiger partial charge >= 0.3 is 0 Å². The second kappa shape index (κ2) is 7.88. The highest BCUT2D eigenvalue weighted by molar-refractivity contribution is 5.96. The maximum absolute atomic E-state index is 13.1. The van der Waals surface area contributed by atoms with Crippen molar-refractivity contribution in [2.45, 2.75) is 25.8 Å². The number of hydrogen-bond donors (Lipinski definition) is 0. The number of fused-ring (bicyclic) bond motifs is 2. The summed E-state index contributed by atoms with van der Waals surface area (Å²) in [5.41, 5.74) is 3.55. The lowest BCUT2D eigenvalue weighted by Crippen LogP contribution is -2.41. The van der Waals surface area contributed by atoms with Crippen LogP contribution >= 0.6 is 0 Å². The van der Waals surface area contributed by atoms with Crippen molar-refractivity contribution < 1.29 is 9.59 Å². The van der Waals surface area contributed by atoms with Crippen molar-refractivity contribution in [2.75, 3.05) is 37.6 Å². The van der Waals surface area contributed by atoms with Crippen LogP contribution in [0.3, 0.4) is 0 Å². The van der Waals surface area contributed by atoms with Crippen molar-refractivity contribution in [3.8, 4) is 0 Å². The van der Waals surface area contributed by atoms with Crippen LogP contribution in [0.5, 0.6) is 0 Å². The largest absolute Gasteiger partial charge is 0.335 e. The molecular formula is C25H29N3O2. The van der Waals surface area contributed by atoms with Crippen LogP contribution in [0.2, 0.25) is 0 Å². The lowest BCUT2D eigenvalue weighted by molar-refractivity contribution is -0.132. The predicted octanol–water partition coefficient (Wildman–Crippen LogP) is 3.12. The van der Waals surface area contributed by atoms with Crippen LogP contribution in [-0.4, -0.2) is 54.3 Å². The maximum atomic E-state index is 13.1.